The Balaban J connectivity index is 1.36. The van der Waals surface area contributed by atoms with Gasteiger partial charge in [0, 0.05) is 17.3 Å². The molecule has 2 amide bonds. The first-order valence-corrected chi connectivity index (χ1v) is 15.6. The highest BCUT2D eigenvalue weighted by Crippen LogP contribution is 2.49. The number of benzene rings is 3. The zero-order chi connectivity index (χ0) is 32.2. The number of carbonyl (C=O) groups excluding carboxylic acids is 2. The number of halogens is 1. The average molecular weight is 613 g/mol. The van der Waals surface area contributed by atoms with Crippen LogP contribution in [-0.2, 0) is 9.59 Å². The molecule has 1 fully saturated rings. The molecule has 8 heteroatoms. The highest BCUT2D eigenvalue weighted by atomic mass is 19.1. The Labute approximate surface area is 263 Å². The molecule has 7 nitrogen and oxygen atoms in total. The molecule has 5 rings (SSSR count). The zero-order valence-electron chi connectivity index (χ0n) is 25.9. The lowest BCUT2D eigenvalue weighted by Gasteiger charge is -2.38. The number of fused-ring (bicyclic) bond motifs is 1. The standard InChI is InChI=1S/C37H41FN2O5/c1-4-23(18-24-11-16-32(42)31(38)19-24)10-17-33(43)34-28(22(2)3)20-29-35(30(34)21-41)37(45)40(36(29)44)27-14-12-26(13-15-27)39-25-8-6-5-7-9-25/h5-9,11-16,18-19,22,29-30,33,35,39,41-43H,4,10,17,20-21H2,1-3H3/b23-18+/t29-,30+,33-,35-/m1/s1. The van der Waals surface area contributed by atoms with Gasteiger partial charge in [-0.3, -0.25) is 14.5 Å². The fourth-order valence-electron chi connectivity index (χ4n) is 6.76. The van der Waals surface area contributed by atoms with Crippen molar-refractivity contribution in [1.29, 1.82) is 0 Å². The normalized spacial score (nSPS) is 21.0. The summed E-state index contributed by atoms with van der Waals surface area (Å²) in [6, 6.07) is 21.1. The number of aliphatic hydroxyl groups excluding tert-OH is 2. The van der Waals surface area contributed by atoms with Crippen LogP contribution in [0.15, 0.2) is 89.5 Å². The Morgan fingerprint density at radius 1 is 1.02 bits per heavy atom. The number of phenolic OH excluding ortho intramolecular Hbond substituents is 1. The van der Waals surface area contributed by atoms with Gasteiger partial charge in [-0.1, -0.05) is 62.3 Å². The van der Waals surface area contributed by atoms with E-state index in [4.69, 9.17) is 0 Å². The van der Waals surface area contributed by atoms with E-state index in [0.717, 1.165) is 22.5 Å². The molecule has 3 aromatic carbocycles. The van der Waals surface area contributed by atoms with E-state index in [2.05, 4.69) is 5.32 Å². The molecule has 0 bridgehead atoms. The number of imide groups is 1. The molecule has 3 aromatic rings. The molecule has 1 heterocycles. The summed E-state index contributed by atoms with van der Waals surface area (Å²) >= 11 is 0. The van der Waals surface area contributed by atoms with Gasteiger partial charge in [0.25, 0.3) is 0 Å². The largest absolute Gasteiger partial charge is 0.505 e. The fraction of sp³-hybridized carbons (Fsp3) is 0.351. The monoisotopic (exact) mass is 612 g/mol. The van der Waals surface area contributed by atoms with Crippen LogP contribution in [-0.4, -0.2) is 39.8 Å². The second kappa shape index (κ2) is 13.8. The minimum absolute atomic E-state index is 0.00565. The number of hydrogen-bond acceptors (Lipinski definition) is 6. The van der Waals surface area contributed by atoms with E-state index in [9.17, 15) is 29.3 Å². The summed E-state index contributed by atoms with van der Waals surface area (Å²) in [5.74, 6) is -3.80. The first-order valence-electron chi connectivity index (χ1n) is 15.6. The minimum Gasteiger partial charge on any atom is -0.505 e. The summed E-state index contributed by atoms with van der Waals surface area (Å²) in [6.07, 6.45) is 2.83. The maximum Gasteiger partial charge on any atom is 0.238 e. The molecular weight excluding hydrogens is 571 g/mol. The minimum atomic E-state index is -0.924. The molecule has 0 spiro atoms. The van der Waals surface area contributed by atoms with Crippen LogP contribution >= 0.6 is 0 Å². The fourth-order valence-corrected chi connectivity index (χ4v) is 6.76. The van der Waals surface area contributed by atoms with Crippen molar-refractivity contribution in [2.75, 3.05) is 16.8 Å². The predicted octanol–water partition coefficient (Wildman–Crippen LogP) is 6.98. The Bertz CT molecular complexity index is 1600. The summed E-state index contributed by atoms with van der Waals surface area (Å²) in [5.41, 5.74) is 5.40. The topological polar surface area (TPSA) is 110 Å². The molecule has 4 N–H and O–H groups in total. The van der Waals surface area contributed by atoms with E-state index in [0.29, 0.717) is 42.5 Å². The third kappa shape index (κ3) is 6.72. The molecule has 4 atom stereocenters. The first kappa shape index (κ1) is 32.1. The molecule has 1 aliphatic heterocycles. The van der Waals surface area contributed by atoms with Gasteiger partial charge in [-0.2, -0.15) is 0 Å². The molecule has 45 heavy (non-hydrogen) atoms. The zero-order valence-corrected chi connectivity index (χ0v) is 25.9. The maximum absolute atomic E-state index is 13.9. The summed E-state index contributed by atoms with van der Waals surface area (Å²) in [6.45, 7) is 5.63. The van der Waals surface area contributed by atoms with Crippen molar-refractivity contribution >= 4 is 35.0 Å². The number of amides is 2. The van der Waals surface area contributed by atoms with Crippen LogP contribution < -0.4 is 10.2 Å². The Morgan fingerprint density at radius 2 is 1.71 bits per heavy atom. The number of rotatable bonds is 11. The first-order chi connectivity index (χ1) is 21.6. The van der Waals surface area contributed by atoms with Crippen LogP contribution in [0.25, 0.3) is 6.08 Å². The molecule has 0 aromatic heterocycles. The number of para-hydroxylation sites is 1. The molecule has 1 aliphatic carbocycles. The Morgan fingerprint density at radius 3 is 2.33 bits per heavy atom. The Kier molecular flexibility index (Phi) is 9.85. The van der Waals surface area contributed by atoms with Crippen LogP contribution in [0.1, 0.15) is 52.0 Å². The van der Waals surface area contributed by atoms with Gasteiger partial charge in [-0.05, 0) is 91.3 Å². The van der Waals surface area contributed by atoms with Gasteiger partial charge >= 0.3 is 0 Å². The third-order valence-electron chi connectivity index (χ3n) is 9.10. The number of nitrogens with zero attached hydrogens (tertiary/aromatic N) is 1. The number of hydrogen-bond donors (Lipinski definition) is 4. The molecule has 0 unspecified atom stereocenters. The van der Waals surface area contributed by atoms with E-state index in [1.54, 1.807) is 18.2 Å². The smallest absolute Gasteiger partial charge is 0.238 e. The lowest BCUT2D eigenvalue weighted by atomic mass is 9.66. The second-order valence-corrected chi connectivity index (χ2v) is 12.2. The maximum atomic E-state index is 13.9. The van der Waals surface area contributed by atoms with Gasteiger partial charge in [0.15, 0.2) is 11.6 Å². The number of anilines is 3. The van der Waals surface area contributed by atoms with Crippen LogP contribution in [0.5, 0.6) is 5.75 Å². The van der Waals surface area contributed by atoms with Crippen molar-refractivity contribution in [2.24, 2.45) is 23.7 Å². The van der Waals surface area contributed by atoms with Crippen LogP contribution in [0.2, 0.25) is 0 Å². The molecule has 236 valence electrons. The van der Waals surface area contributed by atoms with E-state index < -0.39 is 35.4 Å². The number of carbonyl (C=O) groups is 2. The van der Waals surface area contributed by atoms with Crippen LogP contribution in [0.3, 0.4) is 0 Å². The number of aliphatic hydroxyl groups is 2. The van der Waals surface area contributed by atoms with Gasteiger partial charge in [-0.15, -0.1) is 0 Å². The van der Waals surface area contributed by atoms with E-state index in [1.165, 1.54) is 17.0 Å². The summed E-state index contributed by atoms with van der Waals surface area (Å²) < 4.78 is 13.9. The molecular formula is C37H41FN2O5. The van der Waals surface area contributed by atoms with Gasteiger partial charge in [-0.25, -0.2) is 4.39 Å². The van der Waals surface area contributed by atoms with Gasteiger partial charge in [0.1, 0.15) is 0 Å². The SMILES string of the molecule is CC/C(=C\c1ccc(O)c(F)c1)CC[C@@H](O)C1=C(C(C)C)C[C@H]2C(=O)N(c3ccc(Nc4ccccc4)cc3)C(=O)[C@H]2[C@H]1CO. The summed E-state index contributed by atoms with van der Waals surface area (Å²) in [7, 11) is 0. The number of phenols is 1. The van der Waals surface area contributed by atoms with E-state index in [1.807, 2.05) is 69.3 Å². The second-order valence-electron chi connectivity index (χ2n) is 12.2. The van der Waals surface area contributed by atoms with Crippen molar-refractivity contribution in [3.8, 4) is 5.75 Å². The molecule has 0 radical (unpaired) electrons. The highest BCUT2D eigenvalue weighted by Gasteiger charge is 2.55. The van der Waals surface area contributed by atoms with Gasteiger partial charge in [0.05, 0.1) is 30.2 Å². The molecule has 1 saturated heterocycles. The van der Waals surface area contributed by atoms with Crippen molar-refractivity contribution in [3.63, 3.8) is 0 Å². The van der Waals surface area contributed by atoms with Crippen molar-refractivity contribution in [3.05, 3.63) is 101 Å². The van der Waals surface area contributed by atoms with E-state index >= 15 is 0 Å². The average Bonchev–Trinajstić information content (AvgIpc) is 3.29. The van der Waals surface area contributed by atoms with Gasteiger partial charge < -0.3 is 20.6 Å². The Hall–Kier alpha value is -4.27. The van der Waals surface area contributed by atoms with E-state index in [-0.39, 0.29) is 24.3 Å². The molecule has 2 aliphatic rings. The van der Waals surface area contributed by atoms with Crippen molar-refractivity contribution < 1.29 is 29.3 Å². The molecule has 0 saturated carbocycles. The lowest BCUT2D eigenvalue weighted by Crippen LogP contribution is -2.39. The van der Waals surface area contributed by atoms with Crippen LogP contribution in [0.4, 0.5) is 21.5 Å². The quantitative estimate of drug-likeness (QED) is 0.137. The van der Waals surface area contributed by atoms with Gasteiger partial charge in [0.2, 0.25) is 11.8 Å². The predicted molar refractivity (Wildman–Crippen MR) is 174 cm³/mol. The summed E-state index contributed by atoms with van der Waals surface area (Å²) in [4.78, 5) is 28.9. The number of nitrogens with one attached hydrogen (secondary N) is 1. The highest BCUT2D eigenvalue weighted by molar-refractivity contribution is 6.22. The third-order valence-corrected chi connectivity index (χ3v) is 9.10. The number of aromatic hydroxyl groups is 1. The summed E-state index contributed by atoms with van der Waals surface area (Å²) in [5, 5.41) is 35.1. The van der Waals surface area contributed by atoms with Crippen molar-refractivity contribution in [1.82, 2.24) is 0 Å². The van der Waals surface area contributed by atoms with Crippen LogP contribution in [0, 0.1) is 29.5 Å². The lowest BCUT2D eigenvalue weighted by molar-refractivity contribution is -0.123. The van der Waals surface area contributed by atoms with Crippen molar-refractivity contribution in [2.45, 2.75) is 52.6 Å². The number of allylic oxidation sites excluding steroid dienone is 2.